The maximum atomic E-state index is 5.83. The fourth-order valence-electron chi connectivity index (χ4n) is 2.80. The molecule has 100 valence electrons. The Hall–Kier alpha value is -1.32. The molecule has 2 heterocycles. The second kappa shape index (κ2) is 5.35. The molecule has 1 N–H and O–H groups in total. The van der Waals surface area contributed by atoms with Crippen molar-refractivity contribution >= 4 is 11.3 Å². The van der Waals surface area contributed by atoms with Gasteiger partial charge in [0.25, 0.3) is 0 Å². The van der Waals surface area contributed by atoms with Crippen LogP contribution in [-0.4, -0.2) is 13.2 Å². The van der Waals surface area contributed by atoms with Crippen LogP contribution in [0.15, 0.2) is 35.7 Å². The minimum atomic E-state index is 0.346. The zero-order valence-corrected chi connectivity index (χ0v) is 12.2. The fraction of sp³-hybridized carbons (Fsp3) is 0.375. The van der Waals surface area contributed by atoms with Crippen LogP contribution in [0, 0.1) is 6.92 Å². The zero-order chi connectivity index (χ0) is 13.2. The molecule has 0 radical (unpaired) electrons. The van der Waals surface area contributed by atoms with E-state index < -0.39 is 0 Å². The van der Waals surface area contributed by atoms with Gasteiger partial charge < -0.3 is 10.1 Å². The van der Waals surface area contributed by atoms with Crippen LogP contribution in [0.2, 0.25) is 0 Å². The molecule has 3 heteroatoms. The van der Waals surface area contributed by atoms with E-state index in [2.05, 4.69) is 48.8 Å². The van der Waals surface area contributed by atoms with Crippen molar-refractivity contribution in [1.29, 1.82) is 0 Å². The standard InChI is InChI=1S/C16H19NOS/c1-3-17-16(12-8-11(2)19-10-12)14-9-18-15-7-5-4-6-13(14)15/h4-8,10,14,16-17H,3,9H2,1-2H3. The van der Waals surface area contributed by atoms with Crippen molar-refractivity contribution in [1.82, 2.24) is 5.32 Å². The van der Waals surface area contributed by atoms with E-state index in [0.29, 0.717) is 12.0 Å². The van der Waals surface area contributed by atoms with Gasteiger partial charge >= 0.3 is 0 Å². The van der Waals surface area contributed by atoms with Crippen LogP contribution in [0.3, 0.4) is 0 Å². The molecule has 2 unspecified atom stereocenters. The Bertz CT molecular complexity index is 563. The molecular weight excluding hydrogens is 254 g/mol. The molecule has 1 aromatic heterocycles. The van der Waals surface area contributed by atoms with Crippen molar-refractivity contribution in [2.75, 3.05) is 13.2 Å². The molecule has 19 heavy (non-hydrogen) atoms. The molecule has 0 saturated heterocycles. The number of ether oxygens (including phenoxy) is 1. The number of aryl methyl sites for hydroxylation is 1. The number of fused-ring (bicyclic) bond motifs is 1. The van der Waals surface area contributed by atoms with Gasteiger partial charge in [0.1, 0.15) is 5.75 Å². The summed E-state index contributed by atoms with van der Waals surface area (Å²) in [6, 6.07) is 11.0. The molecule has 1 aliphatic heterocycles. The van der Waals surface area contributed by atoms with Crippen LogP contribution in [-0.2, 0) is 0 Å². The fourth-order valence-corrected chi connectivity index (χ4v) is 3.54. The molecule has 3 rings (SSSR count). The number of hydrogen-bond donors (Lipinski definition) is 1. The summed E-state index contributed by atoms with van der Waals surface area (Å²) in [5.74, 6) is 1.45. The van der Waals surface area contributed by atoms with Crippen molar-refractivity contribution in [2.24, 2.45) is 0 Å². The molecule has 2 aromatic rings. The Kier molecular flexibility index (Phi) is 3.58. The normalized spacial score (nSPS) is 18.9. The molecule has 0 bridgehead atoms. The summed E-state index contributed by atoms with van der Waals surface area (Å²) in [4.78, 5) is 1.37. The quantitative estimate of drug-likeness (QED) is 0.912. The molecule has 0 aliphatic carbocycles. The summed E-state index contributed by atoms with van der Waals surface area (Å²) in [6.07, 6.45) is 0. The highest BCUT2D eigenvalue weighted by Gasteiger charge is 2.32. The van der Waals surface area contributed by atoms with Gasteiger partial charge in [0.2, 0.25) is 0 Å². The van der Waals surface area contributed by atoms with Crippen LogP contribution in [0.5, 0.6) is 5.75 Å². The number of para-hydroxylation sites is 1. The van der Waals surface area contributed by atoms with Crippen molar-refractivity contribution in [2.45, 2.75) is 25.8 Å². The lowest BCUT2D eigenvalue weighted by atomic mass is 9.89. The maximum absolute atomic E-state index is 5.83. The topological polar surface area (TPSA) is 21.3 Å². The second-order valence-electron chi connectivity index (χ2n) is 4.98. The lowest BCUT2D eigenvalue weighted by molar-refractivity contribution is 0.301. The predicted octanol–water partition coefficient (Wildman–Crippen LogP) is 3.88. The smallest absolute Gasteiger partial charge is 0.122 e. The van der Waals surface area contributed by atoms with Gasteiger partial charge in [-0.3, -0.25) is 0 Å². The number of likely N-dealkylation sites (N-methyl/N-ethyl adjacent to an activating group) is 1. The van der Waals surface area contributed by atoms with E-state index in [1.54, 1.807) is 0 Å². The first kappa shape index (κ1) is 12.7. The van der Waals surface area contributed by atoms with E-state index in [9.17, 15) is 0 Å². The van der Waals surface area contributed by atoms with E-state index in [4.69, 9.17) is 4.74 Å². The lowest BCUT2D eigenvalue weighted by Gasteiger charge is -2.23. The van der Waals surface area contributed by atoms with Gasteiger partial charge in [0, 0.05) is 22.4 Å². The van der Waals surface area contributed by atoms with Crippen LogP contribution < -0.4 is 10.1 Å². The van der Waals surface area contributed by atoms with Crippen molar-refractivity contribution in [3.8, 4) is 5.75 Å². The summed E-state index contributed by atoms with van der Waals surface area (Å²) in [6.45, 7) is 6.06. The molecule has 0 saturated carbocycles. The summed E-state index contributed by atoms with van der Waals surface area (Å²) in [5.41, 5.74) is 2.71. The van der Waals surface area contributed by atoms with Crippen molar-refractivity contribution < 1.29 is 4.74 Å². The highest BCUT2D eigenvalue weighted by atomic mass is 32.1. The first-order valence-corrected chi connectivity index (χ1v) is 7.67. The summed E-state index contributed by atoms with van der Waals surface area (Å²) >= 11 is 1.82. The van der Waals surface area contributed by atoms with Gasteiger partial charge in [0.05, 0.1) is 6.61 Å². The highest BCUT2D eigenvalue weighted by molar-refractivity contribution is 7.10. The Balaban J connectivity index is 1.94. The van der Waals surface area contributed by atoms with Gasteiger partial charge in [-0.05, 0) is 36.5 Å². The number of thiophene rings is 1. The maximum Gasteiger partial charge on any atom is 0.122 e. The van der Waals surface area contributed by atoms with Gasteiger partial charge in [0.15, 0.2) is 0 Å². The number of nitrogens with one attached hydrogen (secondary N) is 1. The Morgan fingerprint density at radius 3 is 3.00 bits per heavy atom. The van der Waals surface area contributed by atoms with Crippen molar-refractivity contribution in [3.63, 3.8) is 0 Å². The monoisotopic (exact) mass is 273 g/mol. The largest absolute Gasteiger partial charge is 0.493 e. The Morgan fingerprint density at radius 1 is 1.42 bits per heavy atom. The molecule has 0 fully saturated rings. The predicted molar refractivity (Wildman–Crippen MR) is 80.2 cm³/mol. The zero-order valence-electron chi connectivity index (χ0n) is 11.3. The molecule has 2 atom stereocenters. The van der Waals surface area contributed by atoms with Crippen LogP contribution in [0.4, 0.5) is 0 Å². The molecule has 1 aliphatic rings. The Morgan fingerprint density at radius 2 is 2.26 bits per heavy atom. The highest BCUT2D eigenvalue weighted by Crippen LogP contribution is 2.41. The SMILES string of the molecule is CCNC(c1csc(C)c1)C1COc2ccccc21. The van der Waals surface area contributed by atoms with E-state index in [1.807, 2.05) is 17.4 Å². The average Bonchev–Trinajstić information content (AvgIpc) is 3.03. The van der Waals surface area contributed by atoms with E-state index >= 15 is 0 Å². The van der Waals surface area contributed by atoms with Gasteiger partial charge in [-0.2, -0.15) is 0 Å². The number of benzene rings is 1. The third kappa shape index (κ3) is 2.40. The minimum Gasteiger partial charge on any atom is -0.493 e. The van der Waals surface area contributed by atoms with E-state index in [0.717, 1.165) is 18.9 Å². The van der Waals surface area contributed by atoms with E-state index in [-0.39, 0.29) is 0 Å². The number of rotatable bonds is 4. The summed E-state index contributed by atoms with van der Waals surface area (Å²) < 4.78 is 5.83. The van der Waals surface area contributed by atoms with E-state index in [1.165, 1.54) is 16.0 Å². The average molecular weight is 273 g/mol. The third-order valence-electron chi connectivity index (χ3n) is 3.67. The van der Waals surface area contributed by atoms with Crippen LogP contribution in [0.25, 0.3) is 0 Å². The molecular formula is C16H19NOS. The number of hydrogen-bond acceptors (Lipinski definition) is 3. The van der Waals surface area contributed by atoms with Crippen LogP contribution in [0.1, 0.15) is 34.9 Å². The van der Waals surface area contributed by atoms with Crippen LogP contribution >= 0.6 is 11.3 Å². The summed E-state index contributed by atoms with van der Waals surface area (Å²) in [5, 5.41) is 5.89. The lowest BCUT2D eigenvalue weighted by Crippen LogP contribution is -2.27. The first-order chi connectivity index (χ1) is 9.29. The third-order valence-corrected chi connectivity index (χ3v) is 4.55. The molecule has 0 amide bonds. The Labute approximate surface area is 118 Å². The van der Waals surface area contributed by atoms with Gasteiger partial charge in [-0.25, -0.2) is 0 Å². The molecule has 0 spiro atoms. The molecule has 2 nitrogen and oxygen atoms in total. The summed E-state index contributed by atoms with van der Waals surface area (Å²) in [7, 11) is 0. The first-order valence-electron chi connectivity index (χ1n) is 6.79. The molecule has 1 aromatic carbocycles. The van der Waals surface area contributed by atoms with Gasteiger partial charge in [-0.1, -0.05) is 25.1 Å². The van der Waals surface area contributed by atoms with Gasteiger partial charge in [-0.15, -0.1) is 11.3 Å². The minimum absolute atomic E-state index is 0.346. The second-order valence-corrected chi connectivity index (χ2v) is 6.10. The van der Waals surface area contributed by atoms with Crippen molar-refractivity contribution in [3.05, 3.63) is 51.7 Å².